The fourth-order valence-electron chi connectivity index (χ4n) is 8.30. The summed E-state index contributed by atoms with van der Waals surface area (Å²) in [5, 5.41) is 9.43. The van der Waals surface area contributed by atoms with Crippen molar-refractivity contribution in [3.05, 3.63) is 179 Å². The zero-order valence-corrected chi connectivity index (χ0v) is 27.6. The van der Waals surface area contributed by atoms with E-state index >= 15 is 0 Å². The van der Waals surface area contributed by atoms with Crippen LogP contribution in [0.5, 0.6) is 5.75 Å². The largest absolute Gasteiger partial charge is 0.456 e. The number of amidine groups is 2. The molecule has 242 valence electrons. The summed E-state index contributed by atoms with van der Waals surface area (Å²) >= 11 is 0. The van der Waals surface area contributed by atoms with Gasteiger partial charge in [-0.05, 0) is 30.7 Å². The number of hydrogen-bond donors (Lipinski definition) is 1. The molecule has 6 aromatic carbocycles. The van der Waals surface area contributed by atoms with Crippen LogP contribution in [0.4, 0.5) is 0 Å². The van der Waals surface area contributed by atoms with Crippen molar-refractivity contribution in [3.8, 4) is 11.4 Å². The van der Waals surface area contributed by atoms with Crippen molar-refractivity contribution in [1.29, 1.82) is 0 Å². The van der Waals surface area contributed by atoms with Crippen LogP contribution in [0.25, 0.3) is 50.2 Å². The third kappa shape index (κ3) is 4.17. The number of aromatic nitrogens is 2. The lowest BCUT2D eigenvalue weighted by Crippen LogP contribution is -2.36. The first-order chi connectivity index (χ1) is 25.3. The van der Waals surface area contributed by atoms with E-state index in [2.05, 4.69) is 136 Å². The Labute approximate surface area is 293 Å². The molecule has 1 atom stereocenters. The quantitative estimate of drug-likeness (QED) is 0.208. The molecular formula is C45H31N5O. The van der Waals surface area contributed by atoms with E-state index in [-0.39, 0.29) is 5.92 Å². The fourth-order valence-corrected chi connectivity index (χ4v) is 8.30. The van der Waals surface area contributed by atoms with Gasteiger partial charge in [-0.15, -0.1) is 0 Å². The highest BCUT2D eigenvalue weighted by molar-refractivity contribution is 6.16. The summed E-state index contributed by atoms with van der Waals surface area (Å²) in [5.41, 5.74) is 7.58. The molecule has 4 heterocycles. The van der Waals surface area contributed by atoms with Crippen molar-refractivity contribution < 1.29 is 4.74 Å². The second-order valence-electron chi connectivity index (χ2n) is 13.3. The predicted octanol–water partition coefficient (Wildman–Crippen LogP) is 8.16. The van der Waals surface area contributed by atoms with Crippen LogP contribution in [0.2, 0.25) is 0 Å². The third-order valence-corrected chi connectivity index (χ3v) is 10.5. The number of fused-ring (bicyclic) bond motifs is 10. The minimum absolute atomic E-state index is 0.0925. The molecule has 2 aliphatic heterocycles. The van der Waals surface area contributed by atoms with Gasteiger partial charge in [0.1, 0.15) is 17.4 Å². The number of hydrogen-bond acceptors (Lipinski definition) is 4. The van der Waals surface area contributed by atoms with Crippen molar-refractivity contribution in [2.45, 2.75) is 18.6 Å². The van der Waals surface area contributed by atoms with Crippen LogP contribution >= 0.6 is 0 Å². The summed E-state index contributed by atoms with van der Waals surface area (Å²) in [4.78, 5) is 10.6. The normalized spacial score (nSPS) is 16.5. The standard InChI is InChI=1S/C45H31N5O/c1-4-14-28(15-5-1)43-46-44(29-16-6-2-7-17-29)48-45(47-43)50-38-23-13-11-21-32(38)34-25-27-36-35-26-24-33-31-20-10-12-22-37(31)49(30-18-8-3-9-19-30)39(33)41(35)51-42(36)40(34)50/h1-25,27,35,45H,26H2,(H,46,47,48). The molecule has 0 amide bonds. The molecule has 8 aromatic rings. The summed E-state index contributed by atoms with van der Waals surface area (Å²) in [6, 6.07) is 53.0. The molecule has 11 rings (SSSR count). The summed E-state index contributed by atoms with van der Waals surface area (Å²) < 4.78 is 11.9. The first-order valence-corrected chi connectivity index (χ1v) is 17.5. The van der Waals surface area contributed by atoms with Crippen molar-refractivity contribution in [1.82, 2.24) is 14.5 Å². The molecule has 6 nitrogen and oxygen atoms in total. The number of nitrogens with one attached hydrogen (secondary N) is 1. The SMILES string of the molecule is C1=c2c(n(-c3ccccc3)c3ccccc23)=C2Oc3c(ccc4c5ccccc5n(C5N=C(c6ccccc6)NC(c6ccccc6)=N5)c34)C2C1. The molecule has 0 spiro atoms. The second-order valence-corrected chi connectivity index (χ2v) is 13.3. The van der Waals surface area contributed by atoms with Crippen molar-refractivity contribution in [3.63, 3.8) is 0 Å². The Morgan fingerprint density at radius 2 is 1.20 bits per heavy atom. The number of para-hydroxylation sites is 3. The van der Waals surface area contributed by atoms with E-state index < -0.39 is 6.29 Å². The van der Waals surface area contributed by atoms with E-state index in [0.29, 0.717) is 0 Å². The van der Waals surface area contributed by atoms with Gasteiger partial charge < -0.3 is 14.6 Å². The predicted molar refractivity (Wildman–Crippen MR) is 206 cm³/mol. The van der Waals surface area contributed by atoms with Crippen molar-refractivity contribution in [2.24, 2.45) is 9.98 Å². The summed E-state index contributed by atoms with van der Waals surface area (Å²) in [7, 11) is 0. The lowest BCUT2D eigenvalue weighted by atomic mass is 9.91. The second kappa shape index (κ2) is 10.9. The van der Waals surface area contributed by atoms with E-state index in [1.54, 1.807) is 0 Å². The van der Waals surface area contributed by atoms with Crippen LogP contribution in [0, 0.1) is 0 Å². The molecule has 0 saturated carbocycles. The van der Waals surface area contributed by atoms with Crippen LogP contribution in [0.15, 0.2) is 162 Å². The maximum atomic E-state index is 7.27. The van der Waals surface area contributed by atoms with Crippen LogP contribution in [0.1, 0.15) is 35.3 Å². The molecule has 0 bridgehead atoms. The molecule has 1 N–H and O–H groups in total. The molecule has 0 fully saturated rings. The monoisotopic (exact) mass is 657 g/mol. The van der Waals surface area contributed by atoms with Gasteiger partial charge in [-0.25, -0.2) is 9.98 Å². The Morgan fingerprint density at radius 1 is 0.588 bits per heavy atom. The Bertz CT molecular complexity index is 2830. The molecule has 1 unspecified atom stereocenters. The highest BCUT2D eigenvalue weighted by atomic mass is 16.5. The van der Waals surface area contributed by atoms with Gasteiger partial charge in [0.05, 0.1) is 27.8 Å². The van der Waals surface area contributed by atoms with Gasteiger partial charge in [0, 0.05) is 43.8 Å². The molecule has 51 heavy (non-hydrogen) atoms. The highest BCUT2D eigenvalue weighted by Crippen LogP contribution is 2.50. The zero-order chi connectivity index (χ0) is 33.5. The van der Waals surface area contributed by atoms with E-state index in [1.165, 1.54) is 21.7 Å². The Balaban J connectivity index is 1.19. The van der Waals surface area contributed by atoms with Gasteiger partial charge in [-0.1, -0.05) is 133 Å². The Morgan fingerprint density at radius 3 is 1.90 bits per heavy atom. The molecule has 0 saturated heterocycles. The fraction of sp³-hybridized carbons (Fsp3) is 0.0667. The minimum atomic E-state index is -0.570. The van der Waals surface area contributed by atoms with Crippen molar-refractivity contribution >= 4 is 56.2 Å². The van der Waals surface area contributed by atoms with Gasteiger partial charge in [-0.2, -0.15) is 0 Å². The van der Waals surface area contributed by atoms with Crippen molar-refractivity contribution in [2.75, 3.05) is 0 Å². The lowest BCUT2D eigenvalue weighted by Gasteiger charge is -2.24. The van der Waals surface area contributed by atoms with Gasteiger partial charge in [0.25, 0.3) is 0 Å². The van der Waals surface area contributed by atoms with Gasteiger partial charge in [0.2, 0.25) is 6.29 Å². The van der Waals surface area contributed by atoms with Crippen LogP contribution in [0.3, 0.4) is 0 Å². The van der Waals surface area contributed by atoms with Crippen LogP contribution in [-0.4, -0.2) is 20.8 Å². The number of aliphatic imine (C=N–C) groups is 2. The van der Waals surface area contributed by atoms with Gasteiger partial charge in [0.15, 0.2) is 5.75 Å². The van der Waals surface area contributed by atoms with Crippen LogP contribution in [-0.2, 0) is 0 Å². The molecular weight excluding hydrogens is 627 g/mol. The van der Waals surface area contributed by atoms with E-state index in [9.17, 15) is 0 Å². The van der Waals surface area contributed by atoms with Gasteiger partial charge in [-0.3, -0.25) is 4.57 Å². The maximum absolute atomic E-state index is 7.27. The summed E-state index contributed by atoms with van der Waals surface area (Å²) in [5.74, 6) is 3.54. The number of benzene rings is 6. The summed E-state index contributed by atoms with van der Waals surface area (Å²) in [6.45, 7) is 0. The van der Waals surface area contributed by atoms with E-state index in [0.717, 1.165) is 73.6 Å². The first-order valence-electron chi connectivity index (χ1n) is 17.5. The average molecular weight is 658 g/mol. The van der Waals surface area contributed by atoms with E-state index in [1.807, 2.05) is 36.4 Å². The number of nitrogens with zero attached hydrogens (tertiary/aromatic N) is 4. The maximum Gasteiger partial charge on any atom is 0.225 e. The Hall–Kier alpha value is -6.66. The molecule has 3 aliphatic rings. The third-order valence-electron chi connectivity index (χ3n) is 10.5. The minimum Gasteiger partial charge on any atom is -0.456 e. The smallest absolute Gasteiger partial charge is 0.225 e. The topological polar surface area (TPSA) is 55.8 Å². The molecule has 6 heteroatoms. The van der Waals surface area contributed by atoms with Crippen LogP contribution < -0.4 is 20.6 Å². The zero-order valence-electron chi connectivity index (χ0n) is 27.6. The van der Waals surface area contributed by atoms with Gasteiger partial charge >= 0.3 is 0 Å². The molecule has 2 aromatic heterocycles. The highest BCUT2D eigenvalue weighted by Gasteiger charge is 2.37. The number of ether oxygens (including phenoxy) is 1. The first kappa shape index (κ1) is 28.2. The average Bonchev–Trinajstić information content (AvgIpc) is 3.87. The number of rotatable bonds is 4. The Kier molecular flexibility index (Phi) is 6.04. The van der Waals surface area contributed by atoms with E-state index in [4.69, 9.17) is 14.7 Å². The molecule has 0 radical (unpaired) electrons. The molecule has 1 aliphatic carbocycles. The lowest BCUT2D eigenvalue weighted by molar-refractivity contribution is 0.501. The summed E-state index contributed by atoms with van der Waals surface area (Å²) in [6.07, 6.45) is 2.70.